The second-order valence-electron chi connectivity index (χ2n) is 3.72. The minimum Gasteiger partial charge on any atom is -0.466 e. The third-order valence-corrected chi connectivity index (χ3v) is 3.36. The van der Waals surface area contributed by atoms with E-state index in [1.807, 2.05) is 6.92 Å². The SMILES string of the molecule is CCOC(=O)CC(C)Sc1ncnc2nc[nH]c12. The van der Waals surface area contributed by atoms with Gasteiger partial charge in [0.1, 0.15) is 16.9 Å². The Morgan fingerprint density at radius 3 is 3.11 bits per heavy atom. The summed E-state index contributed by atoms with van der Waals surface area (Å²) in [5, 5.41) is 0.889. The number of rotatable bonds is 5. The zero-order valence-electron chi connectivity index (χ0n) is 10.2. The van der Waals surface area contributed by atoms with E-state index in [1.165, 1.54) is 18.1 Å². The highest BCUT2D eigenvalue weighted by Gasteiger charge is 2.14. The fourth-order valence-electron chi connectivity index (χ4n) is 1.52. The Labute approximate surface area is 109 Å². The predicted molar refractivity (Wildman–Crippen MR) is 68.3 cm³/mol. The van der Waals surface area contributed by atoms with E-state index >= 15 is 0 Å². The number of aromatic nitrogens is 4. The molecule has 2 aromatic heterocycles. The van der Waals surface area contributed by atoms with Gasteiger partial charge >= 0.3 is 5.97 Å². The van der Waals surface area contributed by atoms with Crippen LogP contribution in [0.1, 0.15) is 20.3 Å². The van der Waals surface area contributed by atoms with Crippen LogP contribution in [-0.4, -0.2) is 37.8 Å². The molecular weight excluding hydrogens is 252 g/mol. The topological polar surface area (TPSA) is 80.8 Å². The van der Waals surface area contributed by atoms with Crippen molar-refractivity contribution in [2.45, 2.75) is 30.5 Å². The summed E-state index contributed by atoms with van der Waals surface area (Å²) in [6.07, 6.45) is 3.42. The number of imidazole rings is 1. The number of carbonyl (C=O) groups is 1. The van der Waals surface area contributed by atoms with Gasteiger partial charge in [0.25, 0.3) is 0 Å². The summed E-state index contributed by atoms with van der Waals surface area (Å²) >= 11 is 1.51. The van der Waals surface area contributed by atoms with Crippen LogP contribution in [0.4, 0.5) is 0 Å². The van der Waals surface area contributed by atoms with E-state index < -0.39 is 0 Å². The van der Waals surface area contributed by atoms with Crippen molar-refractivity contribution in [2.24, 2.45) is 0 Å². The number of nitrogens with one attached hydrogen (secondary N) is 1. The van der Waals surface area contributed by atoms with Gasteiger partial charge in [0.15, 0.2) is 5.65 Å². The van der Waals surface area contributed by atoms with Crippen LogP contribution in [0.15, 0.2) is 17.7 Å². The number of hydrogen-bond acceptors (Lipinski definition) is 6. The summed E-state index contributed by atoms with van der Waals surface area (Å²) in [5.41, 5.74) is 1.44. The monoisotopic (exact) mass is 266 g/mol. The van der Waals surface area contributed by atoms with Crippen LogP contribution in [0.25, 0.3) is 11.2 Å². The lowest BCUT2D eigenvalue weighted by atomic mass is 10.3. The third-order valence-electron chi connectivity index (χ3n) is 2.26. The number of hydrogen-bond donors (Lipinski definition) is 1. The molecular formula is C11H14N4O2S. The first-order valence-electron chi connectivity index (χ1n) is 5.67. The molecule has 0 fully saturated rings. The van der Waals surface area contributed by atoms with E-state index in [1.54, 1.807) is 13.3 Å². The van der Waals surface area contributed by atoms with Gasteiger partial charge in [-0.3, -0.25) is 4.79 Å². The van der Waals surface area contributed by atoms with Crippen molar-refractivity contribution < 1.29 is 9.53 Å². The molecule has 0 spiro atoms. The minimum atomic E-state index is -0.188. The third kappa shape index (κ3) is 2.98. The molecule has 1 N–H and O–H groups in total. The fraction of sp³-hybridized carbons (Fsp3) is 0.455. The standard InChI is InChI=1S/C11H14N4O2S/c1-3-17-8(16)4-7(2)18-11-9-10(13-5-12-9)14-6-15-11/h5-7H,3-4H2,1-2H3,(H,12,13,14,15). The van der Waals surface area contributed by atoms with Gasteiger partial charge in [0.05, 0.1) is 19.4 Å². The Balaban J connectivity index is 2.04. The molecule has 96 valence electrons. The number of thioether (sulfide) groups is 1. The number of aromatic amines is 1. The molecule has 1 unspecified atom stereocenters. The van der Waals surface area contributed by atoms with E-state index in [2.05, 4.69) is 19.9 Å². The van der Waals surface area contributed by atoms with Crippen LogP contribution in [0.3, 0.4) is 0 Å². The van der Waals surface area contributed by atoms with Crippen LogP contribution in [-0.2, 0) is 9.53 Å². The smallest absolute Gasteiger partial charge is 0.306 e. The normalized spacial score (nSPS) is 12.6. The van der Waals surface area contributed by atoms with Crippen molar-refractivity contribution in [3.8, 4) is 0 Å². The maximum atomic E-state index is 11.4. The lowest BCUT2D eigenvalue weighted by molar-refractivity contribution is -0.142. The molecule has 0 aliphatic carbocycles. The highest BCUT2D eigenvalue weighted by molar-refractivity contribution is 8.00. The Hall–Kier alpha value is -1.63. The largest absolute Gasteiger partial charge is 0.466 e. The lowest BCUT2D eigenvalue weighted by Gasteiger charge is -2.09. The van der Waals surface area contributed by atoms with Crippen LogP contribution < -0.4 is 0 Å². The number of ether oxygens (including phenoxy) is 1. The zero-order valence-corrected chi connectivity index (χ0v) is 11.0. The van der Waals surface area contributed by atoms with Gasteiger partial charge in [-0.05, 0) is 6.92 Å². The minimum absolute atomic E-state index is 0.0884. The molecule has 0 amide bonds. The molecule has 0 saturated heterocycles. The molecule has 0 aliphatic heterocycles. The summed E-state index contributed by atoms with van der Waals surface area (Å²) in [4.78, 5) is 26.7. The van der Waals surface area contributed by atoms with Gasteiger partial charge in [0, 0.05) is 5.25 Å². The van der Waals surface area contributed by atoms with Crippen molar-refractivity contribution in [3.63, 3.8) is 0 Å². The van der Waals surface area contributed by atoms with Crippen molar-refractivity contribution in [1.29, 1.82) is 0 Å². The first kappa shape index (κ1) is 12.8. The van der Waals surface area contributed by atoms with E-state index in [0.717, 1.165) is 10.5 Å². The molecule has 0 saturated carbocycles. The molecule has 0 aromatic carbocycles. The Bertz CT molecular complexity index is 543. The maximum Gasteiger partial charge on any atom is 0.306 e. The number of fused-ring (bicyclic) bond motifs is 1. The van der Waals surface area contributed by atoms with Gasteiger partial charge in [-0.25, -0.2) is 15.0 Å². The first-order chi connectivity index (χ1) is 8.70. The summed E-state index contributed by atoms with van der Waals surface area (Å²) in [6, 6.07) is 0. The van der Waals surface area contributed by atoms with E-state index in [-0.39, 0.29) is 11.2 Å². The van der Waals surface area contributed by atoms with Crippen LogP contribution >= 0.6 is 11.8 Å². The molecule has 2 rings (SSSR count). The van der Waals surface area contributed by atoms with E-state index in [0.29, 0.717) is 18.7 Å². The van der Waals surface area contributed by atoms with Crippen molar-refractivity contribution >= 4 is 28.9 Å². The van der Waals surface area contributed by atoms with Crippen LogP contribution in [0.5, 0.6) is 0 Å². The van der Waals surface area contributed by atoms with Crippen LogP contribution in [0.2, 0.25) is 0 Å². The summed E-state index contributed by atoms with van der Waals surface area (Å²) < 4.78 is 4.92. The highest BCUT2D eigenvalue weighted by atomic mass is 32.2. The van der Waals surface area contributed by atoms with Crippen molar-refractivity contribution in [3.05, 3.63) is 12.7 Å². The van der Waals surface area contributed by atoms with Crippen molar-refractivity contribution in [2.75, 3.05) is 6.61 Å². The van der Waals surface area contributed by atoms with Gasteiger partial charge < -0.3 is 9.72 Å². The number of carbonyl (C=O) groups excluding carboxylic acids is 1. The van der Waals surface area contributed by atoms with Crippen LogP contribution in [0, 0.1) is 0 Å². The molecule has 6 nitrogen and oxygen atoms in total. The molecule has 2 heterocycles. The highest BCUT2D eigenvalue weighted by Crippen LogP contribution is 2.27. The molecule has 0 aliphatic rings. The Morgan fingerprint density at radius 2 is 2.33 bits per heavy atom. The van der Waals surface area contributed by atoms with Gasteiger partial charge in [-0.1, -0.05) is 6.92 Å². The number of nitrogens with zero attached hydrogens (tertiary/aromatic N) is 3. The summed E-state index contributed by atoms with van der Waals surface area (Å²) in [5.74, 6) is -0.188. The second kappa shape index (κ2) is 5.81. The predicted octanol–water partition coefficient (Wildman–Crippen LogP) is 1.79. The second-order valence-corrected chi connectivity index (χ2v) is 5.14. The molecule has 2 aromatic rings. The van der Waals surface area contributed by atoms with Gasteiger partial charge in [-0.2, -0.15) is 0 Å². The van der Waals surface area contributed by atoms with Gasteiger partial charge in [-0.15, -0.1) is 11.8 Å². The summed E-state index contributed by atoms with van der Waals surface area (Å²) in [7, 11) is 0. The number of H-pyrrole nitrogens is 1. The summed E-state index contributed by atoms with van der Waals surface area (Å²) in [6.45, 7) is 4.18. The number of esters is 1. The lowest BCUT2D eigenvalue weighted by Crippen LogP contribution is -2.10. The fourth-order valence-corrected chi connectivity index (χ4v) is 2.50. The van der Waals surface area contributed by atoms with Gasteiger partial charge in [0.2, 0.25) is 0 Å². The molecule has 1 atom stereocenters. The molecule has 18 heavy (non-hydrogen) atoms. The molecule has 0 radical (unpaired) electrons. The van der Waals surface area contributed by atoms with Crippen molar-refractivity contribution in [1.82, 2.24) is 19.9 Å². The Morgan fingerprint density at radius 1 is 1.50 bits per heavy atom. The average Bonchev–Trinajstić information content (AvgIpc) is 2.78. The molecule has 0 bridgehead atoms. The quantitative estimate of drug-likeness (QED) is 0.505. The molecule has 7 heteroatoms. The zero-order chi connectivity index (χ0) is 13.0. The maximum absolute atomic E-state index is 11.4. The first-order valence-corrected chi connectivity index (χ1v) is 6.55. The van der Waals surface area contributed by atoms with E-state index in [4.69, 9.17) is 4.74 Å². The average molecular weight is 266 g/mol. The Kier molecular flexibility index (Phi) is 4.14. The van der Waals surface area contributed by atoms with E-state index in [9.17, 15) is 4.79 Å².